The van der Waals surface area contributed by atoms with Gasteiger partial charge in [-0.3, -0.25) is 4.79 Å². The second kappa shape index (κ2) is 7.33. The second-order valence-corrected chi connectivity index (χ2v) is 8.92. The number of carbonyl (C=O) groups excluding carboxylic acids is 1. The number of rotatable bonds is 2. The Morgan fingerprint density at radius 1 is 1.00 bits per heavy atom. The van der Waals surface area contributed by atoms with E-state index in [-0.39, 0.29) is 18.2 Å². The number of carbonyl (C=O) groups is 1. The Morgan fingerprint density at radius 2 is 1.76 bits per heavy atom. The van der Waals surface area contributed by atoms with E-state index in [2.05, 4.69) is 34.3 Å². The van der Waals surface area contributed by atoms with Crippen molar-refractivity contribution in [3.63, 3.8) is 0 Å². The molecule has 0 N–H and O–H groups in total. The van der Waals surface area contributed by atoms with Gasteiger partial charge in [0, 0.05) is 25.9 Å². The van der Waals surface area contributed by atoms with E-state index in [1.54, 1.807) is 10.6 Å². The first-order valence-electron chi connectivity index (χ1n) is 11.3. The summed E-state index contributed by atoms with van der Waals surface area (Å²) in [6, 6.07) is 18.1. The van der Waals surface area contributed by atoms with Gasteiger partial charge in [-0.15, -0.1) is 0 Å². The molecule has 0 bridgehead atoms. The summed E-state index contributed by atoms with van der Waals surface area (Å²) in [6.07, 6.45) is 4.30. The summed E-state index contributed by atoms with van der Waals surface area (Å²) in [4.78, 5) is 17.7. The van der Waals surface area contributed by atoms with Gasteiger partial charge in [0.2, 0.25) is 0 Å². The Morgan fingerprint density at radius 3 is 2.48 bits per heavy atom. The third kappa shape index (κ3) is 2.84. The van der Waals surface area contributed by atoms with Gasteiger partial charge in [-0.05, 0) is 30.5 Å². The van der Waals surface area contributed by atoms with Crippen LogP contribution in [0.5, 0.6) is 0 Å². The maximum atomic E-state index is 13.6. The van der Waals surface area contributed by atoms with E-state index in [0.29, 0.717) is 42.6 Å². The summed E-state index contributed by atoms with van der Waals surface area (Å²) in [6.45, 7) is 1.26. The van der Waals surface area contributed by atoms with Crippen LogP contribution in [0.15, 0.2) is 48.7 Å². The lowest BCUT2D eigenvalue weighted by molar-refractivity contribution is -0.140. The molecular weight excluding hydrogens is 416 g/mol. The van der Waals surface area contributed by atoms with Crippen molar-refractivity contribution in [2.75, 3.05) is 18.0 Å². The van der Waals surface area contributed by atoms with E-state index in [1.807, 2.05) is 29.2 Å². The molecule has 1 aromatic carbocycles. The number of hydrogen-bond donors (Lipinski definition) is 0. The van der Waals surface area contributed by atoms with E-state index >= 15 is 0 Å². The quantitative estimate of drug-likeness (QED) is 0.610. The van der Waals surface area contributed by atoms with Gasteiger partial charge in [-0.1, -0.05) is 30.3 Å². The number of hydrogen-bond acceptors (Lipinski definition) is 6. The fourth-order valence-corrected chi connectivity index (χ4v) is 5.64. The normalized spacial score (nSPS) is 23.6. The highest BCUT2D eigenvalue weighted by Gasteiger charge is 2.58. The Balaban J connectivity index is 1.25. The van der Waals surface area contributed by atoms with Crippen LogP contribution < -0.4 is 4.90 Å². The standard InChI is InChI=1S/C25H22N6O2/c26-14-18-6-8-21(31-23(18)19(15-27)16-28-31)29-12-10-25(11-13-29)24(32)30-20(7-9-22(30)33-25)17-4-2-1-3-5-17/h1-6,8,16,20,22H,7,9-13H2/t20-,22+/m0/s1. The smallest absolute Gasteiger partial charge is 0.257 e. The molecule has 6 rings (SSSR count). The van der Waals surface area contributed by atoms with Crippen molar-refractivity contribution in [2.24, 2.45) is 0 Å². The van der Waals surface area contributed by atoms with Crippen LogP contribution >= 0.6 is 0 Å². The molecule has 5 heterocycles. The van der Waals surface area contributed by atoms with Crippen molar-refractivity contribution < 1.29 is 9.53 Å². The SMILES string of the molecule is N#Cc1ccc(N2CCC3(CC2)O[C@@H]2CC[C@@H](c4ccccc4)N2C3=O)n2ncc(C#N)c12. The average Bonchev–Trinajstić information content (AvgIpc) is 3.54. The van der Waals surface area contributed by atoms with E-state index in [9.17, 15) is 15.3 Å². The van der Waals surface area contributed by atoms with E-state index in [4.69, 9.17) is 4.74 Å². The molecule has 33 heavy (non-hydrogen) atoms. The lowest BCUT2D eigenvalue weighted by atomic mass is 9.89. The monoisotopic (exact) mass is 438 g/mol. The molecule has 3 fully saturated rings. The maximum absolute atomic E-state index is 13.6. The summed E-state index contributed by atoms with van der Waals surface area (Å²) in [5, 5.41) is 23.2. The summed E-state index contributed by atoms with van der Waals surface area (Å²) < 4.78 is 8.11. The average molecular weight is 438 g/mol. The zero-order chi connectivity index (χ0) is 22.6. The first-order valence-corrected chi connectivity index (χ1v) is 11.3. The molecule has 3 aliphatic rings. The molecule has 164 valence electrons. The van der Waals surface area contributed by atoms with Crippen molar-refractivity contribution in [2.45, 2.75) is 43.6 Å². The maximum Gasteiger partial charge on any atom is 0.257 e. The predicted octanol–water partition coefficient (Wildman–Crippen LogP) is 3.14. The highest BCUT2D eigenvalue weighted by molar-refractivity contribution is 5.88. The number of piperidine rings is 1. The number of amides is 1. The number of nitrogens with zero attached hydrogens (tertiary/aromatic N) is 6. The molecule has 0 unspecified atom stereocenters. The van der Waals surface area contributed by atoms with Gasteiger partial charge in [0.25, 0.3) is 5.91 Å². The van der Waals surface area contributed by atoms with Gasteiger partial charge in [-0.2, -0.15) is 15.6 Å². The van der Waals surface area contributed by atoms with Gasteiger partial charge >= 0.3 is 0 Å². The molecular formula is C25H22N6O2. The van der Waals surface area contributed by atoms with Crippen LogP contribution in [0.4, 0.5) is 5.82 Å². The van der Waals surface area contributed by atoms with Crippen LogP contribution in [0.2, 0.25) is 0 Å². The molecule has 3 aromatic rings. The van der Waals surface area contributed by atoms with E-state index in [1.165, 1.54) is 11.8 Å². The number of nitriles is 2. The molecule has 0 radical (unpaired) electrons. The highest BCUT2D eigenvalue weighted by atomic mass is 16.6. The molecule has 1 amide bonds. The highest BCUT2D eigenvalue weighted by Crippen LogP contribution is 2.47. The lowest BCUT2D eigenvalue weighted by Crippen LogP contribution is -2.50. The molecule has 1 spiro atoms. The number of aromatic nitrogens is 2. The molecule has 0 saturated carbocycles. The zero-order valence-electron chi connectivity index (χ0n) is 18.0. The zero-order valence-corrected chi connectivity index (χ0v) is 18.0. The third-order valence-electron chi connectivity index (χ3n) is 7.28. The molecule has 8 heteroatoms. The number of fused-ring (bicyclic) bond motifs is 2. The second-order valence-electron chi connectivity index (χ2n) is 8.92. The molecule has 2 aromatic heterocycles. The Hall–Kier alpha value is -3.88. The number of pyridine rings is 1. The van der Waals surface area contributed by atoms with Crippen molar-refractivity contribution in [1.82, 2.24) is 14.5 Å². The van der Waals surface area contributed by atoms with Gasteiger partial charge in [0.05, 0.1) is 23.4 Å². The van der Waals surface area contributed by atoms with Crippen molar-refractivity contribution in [3.05, 3.63) is 65.4 Å². The predicted molar refractivity (Wildman–Crippen MR) is 119 cm³/mol. The van der Waals surface area contributed by atoms with E-state index in [0.717, 1.165) is 18.7 Å². The number of benzene rings is 1. The fraction of sp³-hybridized carbons (Fsp3) is 0.360. The lowest BCUT2D eigenvalue weighted by Gasteiger charge is -2.38. The minimum absolute atomic E-state index is 0.0766. The van der Waals surface area contributed by atoms with Gasteiger partial charge in [0.1, 0.15) is 29.7 Å². The number of anilines is 1. The fourth-order valence-electron chi connectivity index (χ4n) is 5.64. The minimum Gasteiger partial charge on any atom is -0.356 e. The summed E-state index contributed by atoms with van der Waals surface area (Å²) >= 11 is 0. The third-order valence-corrected chi connectivity index (χ3v) is 7.28. The molecule has 2 atom stereocenters. The van der Waals surface area contributed by atoms with Crippen LogP contribution in [0.3, 0.4) is 0 Å². The largest absolute Gasteiger partial charge is 0.356 e. The Bertz CT molecular complexity index is 1330. The van der Waals surface area contributed by atoms with Crippen LogP contribution in [0, 0.1) is 22.7 Å². The first-order chi connectivity index (χ1) is 16.1. The summed E-state index contributed by atoms with van der Waals surface area (Å²) in [5.41, 5.74) is 1.71. The van der Waals surface area contributed by atoms with Crippen LogP contribution in [-0.4, -0.2) is 45.3 Å². The number of ether oxygens (including phenoxy) is 1. The first kappa shape index (κ1) is 19.8. The topological polar surface area (TPSA) is 97.7 Å². The van der Waals surface area contributed by atoms with Gasteiger partial charge in [0.15, 0.2) is 5.60 Å². The molecule has 0 aliphatic carbocycles. The van der Waals surface area contributed by atoms with Crippen molar-refractivity contribution >= 4 is 17.2 Å². The van der Waals surface area contributed by atoms with Crippen molar-refractivity contribution in [3.8, 4) is 12.1 Å². The molecule has 3 saturated heterocycles. The minimum atomic E-state index is -0.776. The molecule has 3 aliphatic heterocycles. The van der Waals surface area contributed by atoms with Crippen LogP contribution in [0.1, 0.15) is 48.4 Å². The Kier molecular flexibility index (Phi) is 4.39. The van der Waals surface area contributed by atoms with Crippen LogP contribution in [-0.2, 0) is 9.53 Å². The van der Waals surface area contributed by atoms with Crippen LogP contribution in [0.25, 0.3) is 5.52 Å². The Labute approximate surface area is 191 Å². The summed E-state index contributed by atoms with van der Waals surface area (Å²) in [7, 11) is 0. The van der Waals surface area contributed by atoms with Gasteiger partial charge in [-0.25, -0.2) is 4.52 Å². The van der Waals surface area contributed by atoms with Gasteiger partial charge < -0.3 is 14.5 Å². The van der Waals surface area contributed by atoms with Crippen molar-refractivity contribution in [1.29, 1.82) is 10.5 Å². The van der Waals surface area contributed by atoms with E-state index < -0.39 is 5.60 Å². The summed E-state index contributed by atoms with van der Waals surface area (Å²) in [5.74, 6) is 0.919. The molecule has 8 nitrogen and oxygen atoms in total.